The quantitative estimate of drug-likeness (QED) is 0.805. The number of carbonyl (C=O) groups is 1. The van der Waals surface area contributed by atoms with E-state index >= 15 is 0 Å². The highest BCUT2D eigenvalue weighted by molar-refractivity contribution is 7.10. The third-order valence-electron chi connectivity index (χ3n) is 2.02. The van der Waals surface area contributed by atoms with Gasteiger partial charge in [0.2, 0.25) is 5.91 Å². The minimum atomic E-state index is 0.0459. The lowest BCUT2D eigenvalue weighted by Crippen LogP contribution is -2.37. The Balaban J connectivity index is 2.32. The third kappa shape index (κ3) is 4.44. The van der Waals surface area contributed by atoms with E-state index in [4.69, 9.17) is 0 Å². The van der Waals surface area contributed by atoms with Crippen LogP contribution in [-0.4, -0.2) is 18.5 Å². The van der Waals surface area contributed by atoms with Crippen molar-refractivity contribution >= 4 is 17.2 Å². The van der Waals surface area contributed by atoms with Crippen LogP contribution in [0.4, 0.5) is 0 Å². The van der Waals surface area contributed by atoms with Crippen LogP contribution in [0.15, 0.2) is 17.5 Å². The van der Waals surface area contributed by atoms with Gasteiger partial charge in [0, 0.05) is 10.9 Å². The molecule has 0 saturated heterocycles. The molecule has 0 aliphatic heterocycles. The van der Waals surface area contributed by atoms with E-state index in [9.17, 15) is 4.79 Å². The van der Waals surface area contributed by atoms with Crippen molar-refractivity contribution in [3.63, 3.8) is 0 Å². The molecule has 84 valence electrons. The van der Waals surface area contributed by atoms with Crippen molar-refractivity contribution in [2.75, 3.05) is 6.54 Å². The van der Waals surface area contributed by atoms with Crippen LogP contribution in [-0.2, 0) is 4.79 Å². The van der Waals surface area contributed by atoms with Gasteiger partial charge in [-0.1, -0.05) is 19.9 Å². The van der Waals surface area contributed by atoms with Gasteiger partial charge >= 0.3 is 0 Å². The number of thiophene rings is 1. The molecule has 15 heavy (non-hydrogen) atoms. The highest BCUT2D eigenvalue weighted by atomic mass is 32.1. The fourth-order valence-electron chi connectivity index (χ4n) is 1.20. The largest absolute Gasteiger partial charge is 0.348 e. The predicted octanol–water partition coefficient (Wildman–Crippen LogP) is 1.92. The molecule has 0 aliphatic rings. The van der Waals surface area contributed by atoms with Gasteiger partial charge < -0.3 is 10.6 Å². The molecule has 1 rings (SSSR count). The summed E-state index contributed by atoms with van der Waals surface area (Å²) in [6, 6.07) is 4.47. The summed E-state index contributed by atoms with van der Waals surface area (Å²) in [4.78, 5) is 12.7. The Morgan fingerprint density at radius 1 is 1.47 bits per heavy atom. The first-order valence-corrected chi connectivity index (χ1v) is 6.03. The van der Waals surface area contributed by atoms with Gasteiger partial charge in [-0.05, 0) is 18.4 Å². The summed E-state index contributed by atoms with van der Waals surface area (Å²) in [5, 5.41) is 8.05. The number of hydrogen-bond acceptors (Lipinski definition) is 3. The Bertz CT molecular complexity index is 296. The number of rotatable bonds is 5. The topological polar surface area (TPSA) is 41.1 Å². The molecule has 0 bridgehead atoms. The standard InChI is InChI=1S/C11H18N2OS/c1-8(2)12-7-11(14)13-9(3)10-5-4-6-15-10/h4-6,8-9,12H,7H2,1-3H3,(H,13,14)/t9-/m1/s1. The molecule has 1 atom stereocenters. The minimum Gasteiger partial charge on any atom is -0.348 e. The molecule has 0 spiro atoms. The van der Waals surface area contributed by atoms with Crippen molar-refractivity contribution < 1.29 is 4.79 Å². The normalized spacial score (nSPS) is 12.8. The zero-order valence-corrected chi connectivity index (χ0v) is 10.2. The summed E-state index contributed by atoms with van der Waals surface area (Å²) >= 11 is 1.66. The smallest absolute Gasteiger partial charge is 0.234 e. The van der Waals surface area contributed by atoms with Gasteiger partial charge in [-0.2, -0.15) is 0 Å². The van der Waals surface area contributed by atoms with E-state index in [0.717, 1.165) is 0 Å². The second-order valence-electron chi connectivity index (χ2n) is 3.84. The van der Waals surface area contributed by atoms with Crippen molar-refractivity contribution in [1.29, 1.82) is 0 Å². The number of carbonyl (C=O) groups excluding carboxylic acids is 1. The molecule has 3 nitrogen and oxygen atoms in total. The lowest BCUT2D eigenvalue weighted by molar-refractivity contribution is -0.120. The highest BCUT2D eigenvalue weighted by Crippen LogP contribution is 2.17. The second-order valence-corrected chi connectivity index (χ2v) is 4.82. The summed E-state index contributed by atoms with van der Waals surface area (Å²) in [6.07, 6.45) is 0. The first-order chi connectivity index (χ1) is 7.09. The molecule has 0 saturated carbocycles. The van der Waals surface area contributed by atoms with E-state index < -0.39 is 0 Å². The Morgan fingerprint density at radius 2 is 2.20 bits per heavy atom. The predicted molar refractivity (Wildman–Crippen MR) is 64.0 cm³/mol. The van der Waals surface area contributed by atoms with Crippen molar-refractivity contribution in [1.82, 2.24) is 10.6 Å². The van der Waals surface area contributed by atoms with Crippen molar-refractivity contribution in [2.24, 2.45) is 0 Å². The van der Waals surface area contributed by atoms with Gasteiger partial charge in [-0.15, -0.1) is 11.3 Å². The first-order valence-electron chi connectivity index (χ1n) is 5.15. The van der Waals surface area contributed by atoms with E-state index in [1.54, 1.807) is 11.3 Å². The summed E-state index contributed by atoms with van der Waals surface area (Å²) in [5.41, 5.74) is 0. The second kappa shape index (κ2) is 5.88. The fourth-order valence-corrected chi connectivity index (χ4v) is 1.93. The maximum atomic E-state index is 11.5. The average molecular weight is 226 g/mol. The molecule has 2 N–H and O–H groups in total. The third-order valence-corrected chi connectivity index (χ3v) is 3.07. The van der Waals surface area contributed by atoms with Crippen molar-refractivity contribution in [3.8, 4) is 0 Å². The average Bonchev–Trinajstić information content (AvgIpc) is 2.67. The van der Waals surface area contributed by atoms with Crippen LogP contribution in [0.2, 0.25) is 0 Å². The molecule has 0 radical (unpaired) electrons. The summed E-state index contributed by atoms with van der Waals surface area (Å²) in [5.74, 6) is 0.0459. The summed E-state index contributed by atoms with van der Waals surface area (Å²) in [6.45, 7) is 6.43. The molecule has 1 amide bonds. The maximum Gasteiger partial charge on any atom is 0.234 e. The lowest BCUT2D eigenvalue weighted by Gasteiger charge is -2.13. The number of hydrogen-bond donors (Lipinski definition) is 2. The maximum absolute atomic E-state index is 11.5. The molecular formula is C11H18N2OS. The molecule has 0 aliphatic carbocycles. The van der Waals surface area contributed by atoms with Crippen LogP contribution in [0.5, 0.6) is 0 Å². The monoisotopic (exact) mass is 226 g/mol. The molecule has 1 heterocycles. The van der Waals surface area contributed by atoms with Gasteiger partial charge in [-0.3, -0.25) is 4.79 Å². The van der Waals surface area contributed by atoms with Crippen LogP contribution in [0.25, 0.3) is 0 Å². The number of amides is 1. The van der Waals surface area contributed by atoms with Gasteiger partial charge in [0.25, 0.3) is 0 Å². The fraction of sp³-hybridized carbons (Fsp3) is 0.545. The van der Waals surface area contributed by atoms with Crippen LogP contribution >= 0.6 is 11.3 Å². The molecule has 0 fully saturated rings. The number of nitrogens with one attached hydrogen (secondary N) is 2. The molecule has 1 aromatic heterocycles. The van der Waals surface area contributed by atoms with E-state index in [2.05, 4.69) is 10.6 Å². The Hall–Kier alpha value is -0.870. The molecule has 0 aromatic carbocycles. The van der Waals surface area contributed by atoms with Crippen LogP contribution in [0, 0.1) is 0 Å². The zero-order chi connectivity index (χ0) is 11.3. The van der Waals surface area contributed by atoms with Crippen LogP contribution in [0.1, 0.15) is 31.7 Å². The minimum absolute atomic E-state index is 0.0459. The van der Waals surface area contributed by atoms with Crippen LogP contribution < -0.4 is 10.6 Å². The van der Waals surface area contributed by atoms with Crippen LogP contribution in [0.3, 0.4) is 0 Å². The van der Waals surface area contributed by atoms with Gasteiger partial charge in [0.05, 0.1) is 12.6 Å². The lowest BCUT2D eigenvalue weighted by atomic mass is 10.2. The summed E-state index contributed by atoms with van der Waals surface area (Å²) < 4.78 is 0. The van der Waals surface area contributed by atoms with E-state index in [0.29, 0.717) is 12.6 Å². The van der Waals surface area contributed by atoms with E-state index in [1.807, 2.05) is 38.3 Å². The van der Waals surface area contributed by atoms with Crippen molar-refractivity contribution in [2.45, 2.75) is 32.9 Å². The molecule has 0 unspecified atom stereocenters. The van der Waals surface area contributed by atoms with Gasteiger partial charge in [-0.25, -0.2) is 0 Å². The summed E-state index contributed by atoms with van der Waals surface area (Å²) in [7, 11) is 0. The molecule has 1 aromatic rings. The Kier molecular flexibility index (Phi) is 4.78. The Labute approximate surface area is 94.9 Å². The van der Waals surface area contributed by atoms with Crippen molar-refractivity contribution in [3.05, 3.63) is 22.4 Å². The Morgan fingerprint density at radius 3 is 2.73 bits per heavy atom. The van der Waals surface area contributed by atoms with Gasteiger partial charge in [0.1, 0.15) is 0 Å². The van der Waals surface area contributed by atoms with E-state index in [1.165, 1.54) is 4.88 Å². The molecule has 4 heteroatoms. The molecular weight excluding hydrogens is 208 g/mol. The highest BCUT2D eigenvalue weighted by Gasteiger charge is 2.09. The van der Waals surface area contributed by atoms with E-state index in [-0.39, 0.29) is 11.9 Å². The van der Waals surface area contributed by atoms with Gasteiger partial charge in [0.15, 0.2) is 0 Å². The first kappa shape index (κ1) is 12.2. The zero-order valence-electron chi connectivity index (χ0n) is 9.41. The SMILES string of the molecule is CC(C)NCC(=O)N[C@H](C)c1cccs1.